The lowest BCUT2D eigenvalue weighted by molar-refractivity contribution is 1.18. The quantitative estimate of drug-likeness (QED) is 0.0906. The van der Waals surface area contributed by atoms with Gasteiger partial charge in [-0.3, -0.25) is 0 Å². The summed E-state index contributed by atoms with van der Waals surface area (Å²) in [5.74, 6) is 0. The molecule has 19 aromatic carbocycles. The van der Waals surface area contributed by atoms with Crippen LogP contribution < -0.4 is 41.5 Å². The van der Waals surface area contributed by atoms with E-state index >= 15 is 0 Å². The van der Waals surface area contributed by atoms with Crippen molar-refractivity contribution in [2.24, 2.45) is 0 Å². The van der Waals surface area contributed by atoms with Crippen LogP contribution in [0, 0.1) is 0 Å². The Morgan fingerprint density at radius 3 is 0.736 bits per heavy atom. The number of thiophene rings is 3. The van der Waals surface area contributed by atoms with E-state index in [-0.39, 0.29) is 7.43 Å². The number of fused-ring (bicyclic) bond motifs is 18. The molecule has 0 radical (unpaired) electrons. The fourth-order valence-electron chi connectivity index (χ4n) is 19.5. The summed E-state index contributed by atoms with van der Waals surface area (Å²) in [6, 6.07) is 171. The van der Waals surface area contributed by atoms with Gasteiger partial charge in [-0.15, -0.1) is 34.0 Å². The molecule has 25 rings (SSSR count). The van der Waals surface area contributed by atoms with Crippen LogP contribution >= 0.6 is 65.9 Å². The van der Waals surface area contributed by atoms with Gasteiger partial charge in [-0.1, -0.05) is 387 Å². The standard InChI is InChI=1S/2C42H29NSSi.C18H12BrN.C12H7BrS.CH4/c2*1-3-16-31(17-4-1)45(32-18-5-2-6-19-32,41-28-14-24-37-36-23-9-12-27-40(36)44-42(37)41)33-20-13-15-30(29-33)43-38-25-10-7-21-34(38)35-22-8-11-26-39(35)43;19-13-6-5-7-14(12-13)20-17-10-3-1-8-15(17)16-9-2-4-11-18(16)20;13-10-6-3-5-9-8-4-1-2-7-11(8)14-12(9)10;/h2*1-29H;1-12H;1-7H;1H4. The maximum Gasteiger partial charge on any atom is 0.181 e. The van der Waals surface area contributed by atoms with Crippen LogP contribution in [0.4, 0.5) is 0 Å². The van der Waals surface area contributed by atoms with E-state index in [4.69, 9.17) is 0 Å². The minimum absolute atomic E-state index is 0. The second-order valence-electron chi connectivity index (χ2n) is 31.4. The maximum atomic E-state index is 3.59. The molecule has 125 heavy (non-hydrogen) atoms. The number of hydrogen-bond donors (Lipinski definition) is 0. The second-order valence-corrected chi connectivity index (χ2v) is 43.9. The summed E-state index contributed by atoms with van der Waals surface area (Å²) in [6.45, 7) is 0. The topological polar surface area (TPSA) is 14.8 Å². The van der Waals surface area contributed by atoms with Crippen LogP contribution in [0.25, 0.3) is 143 Å². The Labute approximate surface area is 756 Å². The van der Waals surface area contributed by atoms with E-state index in [0.29, 0.717) is 0 Å². The Morgan fingerprint density at radius 1 is 0.184 bits per heavy atom. The molecular weight excluding hydrogens is 1740 g/mol. The highest BCUT2D eigenvalue weighted by Crippen LogP contribution is 2.41. The van der Waals surface area contributed by atoms with Crippen molar-refractivity contribution in [3.63, 3.8) is 0 Å². The minimum atomic E-state index is -2.81. The van der Waals surface area contributed by atoms with Crippen LogP contribution in [0.15, 0.2) is 476 Å². The molecule has 0 amide bonds. The van der Waals surface area contributed by atoms with Crippen LogP contribution in [-0.4, -0.2) is 29.8 Å². The molecule has 0 saturated heterocycles. The molecule has 3 nitrogen and oxygen atoms in total. The third-order valence-electron chi connectivity index (χ3n) is 24.7. The molecule has 0 unspecified atom stereocenters. The van der Waals surface area contributed by atoms with Gasteiger partial charge < -0.3 is 13.7 Å². The Hall–Kier alpha value is -13.4. The molecular formula is C115H81Br2N3S3Si2. The zero-order chi connectivity index (χ0) is 82.7. The fraction of sp³-hybridized carbons (Fsp3) is 0.00870. The largest absolute Gasteiger partial charge is 0.309 e. The summed E-state index contributed by atoms with van der Waals surface area (Å²) in [6.07, 6.45) is 0. The van der Waals surface area contributed by atoms with Crippen LogP contribution in [0.3, 0.4) is 0 Å². The summed E-state index contributed by atoms with van der Waals surface area (Å²) >= 11 is 12.9. The number of nitrogens with zero attached hydrogens (tertiary/aromatic N) is 3. The first kappa shape index (κ1) is 78.9. The number of benzene rings is 19. The summed E-state index contributed by atoms with van der Waals surface area (Å²) in [7, 11) is -5.62. The van der Waals surface area contributed by atoms with Gasteiger partial charge in [0.1, 0.15) is 0 Å². The van der Waals surface area contributed by atoms with E-state index < -0.39 is 16.1 Å². The van der Waals surface area contributed by atoms with Gasteiger partial charge in [0.15, 0.2) is 16.1 Å². The van der Waals surface area contributed by atoms with Crippen LogP contribution in [0.5, 0.6) is 0 Å². The highest BCUT2D eigenvalue weighted by Gasteiger charge is 2.45. The highest BCUT2D eigenvalue weighted by atomic mass is 79.9. The zero-order valence-corrected chi connectivity index (χ0v) is 74.9. The Bertz CT molecular complexity index is 7720. The van der Waals surface area contributed by atoms with Crippen LogP contribution in [0.2, 0.25) is 0 Å². The minimum Gasteiger partial charge on any atom is -0.309 e. The summed E-state index contributed by atoms with van der Waals surface area (Å²) in [5, 5.41) is 27.0. The third-order valence-corrected chi connectivity index (χ3v) is 39.7. The van der Waals surface area contributed by atoms with E-state index in [9.17, 15) is 0 Å². The van der Waals surface area contributed by atoms with Gasteiger partial charge in [0.05, 0.1) is 33.1 Å². The van der Waals surface area contributed by atoms with Crippen LogP contribution in [-0.2, 0) is 0 Å². The van der Waals surface area contributed by atoms with Crippen molar-refractivity contribution in [3.8, 4) is 17.1 Å². The monoisotopic (exact) mass is 1810 g/mol. The van der Waals surface area contributed by atoms with Crippen molar-refractivity contribution in [1.82, 2.24) is 13.7 Å². The molecule has 0 N–H and O–H groups in total. The molecule has 0 spiro atoms. The number of halogens is 2. The predicted octanol–water partition coefficient (Wildman–Crippen LogP) is 28.1. The average Bonchev–Trinajstić information content (AvgIpc) is 1.58. The van der Waals surface area contributed by atoms with Crippen molar-refractivity contribution < 1.29 is 0 Å². The lowest BCUT2D eigenvalue weighted by atomic mass is 10.1. The first-order chi connectivity index (χ1) is 61.4. The van der Waals surface area contributed by atoms with Gasteiger partial charge in [-0.2, -0.15) is 0 Å². The van der Waals surface area contributed by atoms with Crippen molar-refractivity contribution >= 4 is 249 Å². The predicted molar refractivity (Wildman–Crippen MR) is 557 cm³/mol. The van der Waals surface area contributed by atoms with Gasteiger partial charge in [-0.25, -0.2) is 0 Å². The number of rotatable bonds is 11. The molecule has 0 aliphatic rings. The normalized spacial score (nSPS) is 11.7. The van der Waals surface area contributed by atoms with E-state index in [1.54, 1.807) is 0 Å². The van der Waals surface area contributed by atoms with Gasteiger partial charge in [0.2, 0.25) is 0 Å². The average molecular weight is 1820 g/mol. The molecule has 25 aromatic rings. The molecule has 6 heterocycles. The molecule has 0 bridgehead atoms. The van der Waals surface area contributed by atoms with Gasteiger partial charge in [-0.05, 0) is 161 Å². The molecule has 10 heteroatoms. The summed E-state index contributed by atoms with van der Waals surface area (Å²) in [5.41, 5.74) is 11.0. The molecule has 0 aliphatic heterocycles. The zero-order valence-electron chi connectivity index (χ0n) is 67.3. The number of aromatic nitrogens is 3. The van der Waals surface area contributed by atoms with Crippen molar-refractivity contribution in [2.75, 3.05) is 0 Å². The summed E-state index contributed by atoms with van der Waals surface area (Å²) < 4.78 is 17.6. The van der Waals surface area contributed by atoms with Crippen molar-refractivity contribution in [2.45, 2.75) is 7.43 Å². The van der Waals surface area contributed by atoms with Gasteiger partial charge in [0.25, 0.3) is 0 Å². The molecule has 0 atom stereocenters. The van der Waals surface area contributed by atoms with Crippen LogP contribution in [0.1, 0.15) is 7.43 Å². The maximum absolute atomic E-state index is 3.59. The van der Waals surface area contributed by atoms with E-state index in [2.05, 4.69) is 513 Å². The lowest BCUT2D eigenvalue weighted by Gasteiger charge is -2.35. The number of hydrogen-bond acceptors (Lipinski definition) is 3. The summed E-state index contributed by atoms with van der Waals surface area (Å²) in [4.78, 5) is 0. The molecule has 596 valence electrons. The molecule has 0 aliphatic carbocycles. The first-order valence-corrected chi connectivity index (χ1v) is 49.9. The van der Waals surface area contributed by atoms with E-state index in [1.165, 1.54) is 189 Å². The van der Waals surface area contributed by atoms with E-state index in [0.717, 1.165) is 4.47 Å². The second kappa shape index (κ2) is 33.7. The van der Waals surface area contributed by atoms with Gasteiger partial charge in [0, 0.05) is 119 Å². The first-order valence-electron chi connectivity index (χ1n) is 41.9. The molecule has 0 fully saturated rings. The molecule has 6 aromatic heterocycles. The van der Waals surface area contributed by atoms with Crippen molar-refractivity contribution in [1.29, 1.82) is 0 Å². The fourth-order valence-corrected chi connectivity index (χ4v) is 34.7. The third kappa shape index (κ3) is 13.6. The SMILES string of the molecule is Brc1cccc(-n2c3ccccc3c3ccccc32)c1.Brc1cccc2c1sc1ccccc12.C.c1ccc([Si](c2ccccc2)(c2cccc(-n3c4ccccc4c4ccccc43)c2)c2cccc3c2sc2ccccc23)cc1.c1ccc([Si](c2ccccc2)(c2cccc(-n3c4ccccc4c4ccccc43)c2)c2cccc3c2sc2ccccc23)cc1. The Kier molecular flexibility index (Phi) is 21.3. The number of para-hydroxylation sites is 6. The van der Waals surface area contributed by atoms with E-state index in [1.807, 2.05) is 34.0 Å². The lowest BCUT2D eigenvalue weighted by Crippen LogP contribution is -2.74. The van der Waals surface area contributed by atoms with Gasteiger partial charge >= 0.3 is 0 Å². The Balaban J connectivity index is 0.000000111. The molecule has 0 saturated carbocycles. The van der Waals surface area contributed by atoms with Crippen molar-refractivity contribution in [3.05, 3.63) is 476 Å². The highest BCUT2D eigenvalue weighted by molar-refractivity contribution is 9.11. The smallest absolute Gasteiger partial charge is 0.181 e. The Morgan fingerprint density at radius 2 is 0.416 bits per heavy atom.